The molecule has 0 radical (unpaired) electrons. The molecule has 180 valence electrons. The monoisotopic (exact) mass is 458 g/mol. The van der Waals surface area contributed by atoms with E-state index < -0.39 is 0 Å². The quantitative estimate of drug-likeness (QED) is 0.315. The van der Waals surface area contributed by atoms with Crippen LogP contribution in [0.25, 0.3) is 5.57 Å². The normalized spacial score (nSPS) is 22.9. The molecule has 0 aromatic heterocycles. The highest BCUT2D eigenvalue weighted by molar-refractivity contribution is 6.22. The molecule has 0 saturated heterocycles. The highest BCUT2D eigenvalue weighted by atomic mass is 16.5. The molecule has 0 N–H and O–H groups in total. The van der Waals surface area contributed by atoms with Gasteiger partial charge in [-0.15, -0.1) is 0 Å². The zero-order chi connectivity index (χ0) is 24.5. The highest BCUT2D eigenvalue weighted by Gasteiger charge is 2.36. The SMILES string of the molecule is CCCCCOc1ccc2c(c1)C(C)=CC(C)(CC)N2CC1=CC(C)(C)N=C2C=CC(=O)C=C12. The Morgan fingerprint density at radius 1 is 1.06 bits per heavy atom. The number of rotatable bonds is 8. The summed E-state index contributed by atoms with van der Waals surface area (Å²) >= 11 is 0. The molecule has 1 unspecified atom stereocenters. The average molecular weight is 459 g/mol. The van der Waals surface area contributed by atoms with Gasteiger partial charge >= 0.3 is 0 Å². The van der Waals surface area contributed by atoms with E-state index in [2.05, 4.69) is 76.8 Å². The number of unbranched alkanes of at least 4 members (excludes halogenated alkanes) is 2. The van der Waals surface area contributed by atoms with Gasteiger partial charge in [0.15, 0.2) is 5.78 Å². The predicted octanol–water partition coefficient (Wildman–Crippen LogP) is 6.87. The Balaban J connectivity index is 1.70. The molecular formula is C30H38N2O2. The first kappa shape index (κ1) is 24.3. The van der Waals surface area contributed by atoms with E-state index in [1.165, 1.54) is 29.7 Å². The molecule has 1 atom stereocenters. The molecule has 4 nitrogen and oxygen atoms in total. The summed E-state index contributed by atoms with van der Waals surface area (Å²) in [5, 5.41) is 0. The van der Waals surface area contributed by atoms with E-state index in [4.69, 9.17) is 9.73 Å². The smallest absolute Gasteiger partial charge is 0.179 e. The van der Waals surface area contributed by atoms with E-state index in [-0.39, 0.29) is 16.9 Å². The second-order valence-corrected chi connectivity index (χ2v) is 10.5. The molecule has 0 fully saturated rings. The summed E-state index contributed by atoms with van der Waals surface area (Å²) in [6, 6.07) is 6.50. The van der Waals surface area contributed by atoms with Crippen LogP contribution in [-0.2, 0) is 4.79 Å². The van der Waals surface area contributed by atoms with Gasteiger partial charge in [-0.1, -0.05) is 38.8 Å². The Morgan fingerprint density at radius 3 is 2.59 bits per heavy atom. The topological polar surface area (TPSA) is 41.9 Å². The first-order valence-electron chi connectivity index (χ1n) is 12.7. The fraction of sp³-hybridized carbons (Fsp3) is 0.467. The van der Waals surface area contributed by atoms with Crippen LogP contribution in [0.15, 0.2) is 64.7 Å². The maximum absolute atomic E-state index is 12.2. The van der Waals surface area contributed by atoms with E-state index >= 15 is 0 Å². The Kier molecular flexibility index (Phi) is 6.71. The molecule has 2 aliphatic heterocycles. The number of hydrogen-bond acceptors (Lipinski definition) is 4. The number of ether oxygens (including phenoxy) is 1. The lowest BCUT2D eigenvalue weighted by molar-refractivity contribution is -0.110. The summed E-state index contributed by atoms with van der Waals surface area (Å²) in [6.07, 6.45) is 14.3. The van der Waals surface area contributed by atoms with Gasteiger partial charge in [-0.25, -0.2) is 0 Å². The minimum absolute atomic E-state index is 0.0254. The molecule has 1 aromatic rings. The van der Waals surface area contributed by atoms with Crippen LogP contribution in [0.5, 0.6) is 5.75 Å². The third-order valence-corrected chi connectivity index (χ3v) is 7.14. The molecule has 4 rings (SSSR count). The Bertz CT molecular complexity index is 1130. The summed E-state index contributed by atoms with van der Waals surface area (Å²) in [6.45, 7) is 14.7. The van der Waals surface area contributed by atoms with Gasteiger partial charge in [-0.2, -0.15) is 0 Å². The van der Waals surface area contributed by atoms with Crippen molar-refractivity contribution >= 4 is 22.8 Å². The van der Waals surface area contributed by atoms with Gasteiger partial charge in [0.2, 0.25) is 0 Å². The van der Waals surface area contributed by atoms with Crippen molar-refractivity contribution < 1.29 is 9.53 Å². The fourth-order valence-electron chi connectivity index (χ4n) is 5.17. The van der Waals surface area contributed by atoms with E-state index in [1.54, 1.807) is 12.2 Å². The Labute approximate surface area is 204 Å². The molecule has 0 bridgehead atoms. The van der Waals surface area contributed by atoms with Crippen molar-refractivity contribution in [1.29, 1.82) is 0 Å². The number of fused-ring (bicyclic) bond motifs is 2. The summed E-state index contributed by atoms with van der Waals surface area (Å²) in [5.41, 5.74) is 6.29. The van der Waals surface area contributed by atoms with Crippen molar-refractivity contribution in [3.05, 3.63) is 65.3 Å². The van der Waals surface area contributed by atoms with Crippen LogP contribution in [-0.4, -0.2) is 35.7 Å². The molecule has 0 saturated carbocycles. The Hall–Kier alpha value is -2.88. The molecule has 34 heavy (non-hydrogen) atoms. The zero-order valence-corrected chi connectivity index (χ0v) is 21.6. The van der Waals surface area contributed by atoms with Crippen LogP contribution in [0.3, 0.4) is 0 Å². The predicted molar refractivity (Wildman–Crippen MR) is 143 cm³/mol. The largest absolute Gasteiger partial charge is 0.494 e. The third kappa shape index (κ3) is 4.82. The maximum atomic E-state index is 12.2. The minimum Gasteiger partial charge on any atom is -0.494 e. The molecule has 2 heterocycles. The number of carbonyl (C=O) groups excluding carboxylic acids is 1. The first-order chi connectivity index (χ1) is 16.2. The van der Waals surface area contributed by atoms with E-state index in [9.17, 15) is 4.79 Å². The zero-order valence-electron chi connectivity index (χ0n) is 21.6. The first-order valence-corrected chi connectivity index (χ1v) is 12.7. The van der Waals surface area contributed by atoms with Crippen LogP contribution < -0.4 is 9.64 Å². The van der Waals surface area contributed by atoms with Crippen LogP contribution in [0.2, 0.25) is 0 Å². The molecule has 1 aliphatic carbocycles. The number of aliphatic imine (C=N–C) groups is 1. The number of ketones is 1. The lowest BCUT2D eigenvalue weighted by Crippen LogP contribution is -2.48. The van der Waals surface area contributed by atoms with E-state index in [1.807, 2.05) is 6.08 Å². The standard InChI is InChI=1S/C30H38N2O2/c1-7-9-10-15-34-24-12-14-28-25(17-24)21(3)18-30(6,8-2)32(28)20-22-19-29(4,5)31-27-13-11-23(33)16-26(22)27/h11-14,16-19H,7-10,15,20H2,1-6H3. The second kappa shape index (κ2) is 9.40. The van der Waals surface area contributed by atoms with Gasteiger partial charge in [0.1, 0.15) is 5.75 Å². The van der Waals surface area contributed by atoms with Crippen molar-refractivity contribution in [2.45, 2.75) is 78.3 Å². The lowest BCUT2D eigenvalue weighted by atomic mass is 9.82. The van der Waals surface area contributed by atoms with Gasteiger partial charge in [0.25, 0.3) is 0 Å². The number of carbonyl (C=O) groups is 1. The van der Waals surface area contributed by atoms with Crippen molar-refractivity contribution in [3.63, 3.8) is 0 Å². The van der Waals surface area contributed by atoms with Gasteiger partial charge in [-0.3, -0.25) is 9.79 Å². The summed E-state index contributed by atoms with van der Waals surface area (Å²) in [4.78, 5) is 19.6. The average Bonchev–Trinajstić information content (AvgIpc) is 2.79. The maximum Gasteiger partial charge on any atom is 0.179 e. The van der Waals surface area contributed by atoms with Crippen molar-refractivity contribution in [2.75, 3.05) is 18.1 Å². The molecule has 3 aliphatic rings. The van der Waals surface area contributed by atoms with Gasteiger partial charge in [0.05, 0.1) is 23.4 Å². The van der Waals surface area contributed by atoms with Gasteiger partial charge in [-0.05, 0) is 88.1 Å². The molecule has 1 aromatic carbocycles. The van der Waals surface area contributed by atoms with Crippen LogP contribution >= 0.6 is 0 Å². The summed E-state index contributed by atoms with van der Waals surface area (Å²) < 4.78 is 6.07. The molecule has 0 spiro atoms. The second-order valence-electron chi connectivity index (χ2n) is 10.5. The molecular weight excluding hydrogens is 420 g/mol. The Morgan fingerprint density at radius 2 is 1.85 bits per heavy atom. The minimum atomic E-state index is -0.310. The van der Waals surface area contributed by atoms with Crippen LogP contribution in [0, 0.1) is 0 Å². The van der Waals surface area contributed by atoms with E-state index in [0.717, 1.165) is 42.1 Å². The summed E-state index contributed by atoms with van der Waals surface area (Å²) in [7, 11) is 0. The molecule has 0 amide bonds. The van der Waals surface area contributed by atoms with Crippen molar-refractivity contribution in [1.82, 2.24) is 0 Å². The highest BCUT2D eigenvalue weighted by Crippen LogP contribution is 2.43. The number of hydrogen-bond donors (Lipinski definition) is 0. The number of nitrogens with zero attached hydrogens (tertiary/aromatic N) is 2. The van der Waals surface area contributed by atoms with Gasteiger partial charge < -0.3 is 9.64 Å². The van der Waals surface area contributed by atoms with E-state index in [0.29, 0.717) is 6.54 Å². The fourth-order valence-corrected chi connectivity index (χ4v) is 5.17. The number of allylic oxidation sites excluding steroid dienone is 4. The van der Waals surface area contributed by atoms with Crippen LogP contribution in [0.1, 0.15) is 72.8 Å². The van der Waals surface area contributed by atoms with Crippen molar-refractivity contribution in [2.24, 2.45) is 4.99 Å². The van der Waals surface area contributed by atoms with Crippen LogP contribution in [0.4, 0.5) is 5.69 Å². The van der Waals surface area contributed by atoms with Crippen molar-refractivity contribution in [3.8, 4) is 5.75 Å². The number of dihydropyridines is 1. The lowest BCUT2D eigenvalue weighted by Gasteiger charge is -2.46. The summed E-state index contributed by atoms with van der Waals surface area (Å²) in [5.74, 6) is 0.957. The number of anilines is 1. The molecule has 4 heteroatoms. The third-order valence-electron chi connectivity index (χ3n) is 7.14. The van der Waals surface area contributed by atoms with Gasteiger partial charge in [0, 0.05) is 23.4 Å². The number of benzene rings is 1.